The molecule has 0 amide bonds. The molecule has 0 saturated carbocycles. The minimum Gasteiger partial charge on any atom is -0.354 e. The number of carbonyl (C=O) groups excluding carboxylic acids is 1. The molecule has 4 rings (SSSR count). The normalized spacial score (nSPS) is 24.9. The minimum absolute atomic E-state index is 0.102. The molecule has 2 heterocycles. The fraction of sp³-hybridized carbons (Fsp3) is 0.391. The highest BCUT2D eigenvalue weighted by Crippen LogP contribution is 2.39. The van der Waals surface area contributed by atoms with Crippen LogP contribution >= 0.6 is 0 Å². The lowest BCUT2D eigenvalue weighted by Crippen LogP contribution is -2.44. The largest absolute Gasteiger partial charge is 0.354 e. The molecule has 0 bridgehead atoms. The quantitative estimate of drug-likeness (QED) is 0.856. The number of Topliss-reactive ketones (excluding diaryl/α,β-unsaturated/α-hetero) is 1. The predicted molar refractivity (Wildman–Crippen MR) is 108 cm³/mol. The Morgan fingerprint density at radius 1 is 1.04 bits per heavy atom. The molecule has 4 nitrogen and oxygen atoms in total. The number of likely N-dealkylation sites (tertiary alicyclic amines) is 1. The first-order valence-corrected chi connectivity index (χ1v) is 9.85. The third-order valence-electron chi connectivity index (χ3n) is 6.23. The molecule has 27 heavy (non-hydrogen) atoms. The zero-order chi connectivity index (χ0) is 18.9. The van der Waals surface area contributed by atoms with Crippen molar-refractivity contribution in [1.29, 1.82) is 5.41 Å². The number of hydrogen-bond donors (Lipinski definition) is 2. The van der Waals surface area contributed by atoms with Gasteiger partial charge in [0.15, 0.2) is 5.78 Å². The lowest BCUT2D eigenvalue weighted by atomic mass is 9.77. The van der Waals surface area contributed by atoms with Crippen LogP contribution in [0.2, 0.25) is 0 Å². The molecule has 2 atom stereocenters. The van der Waals surface area contributed by atoms with E-state index in [1.807, 2.05) is 60.7 Å². The van der Waals surface area contributed by atoms with E-state index in [0.717, 1.165) is 30.5 Å². The van der Waals surface area contributed by atoms with Gasteiger partial charge in [0.1, 0.15) is 11.4 Å². The molecule has 2 aromatic rings. The van der Waals surface area contributed by atoms with Crippen LogP contribution in [0.25, 0.3) is 0 Å². The standard InChI is InChI=1S/C23H27N3O/c1-26-16-8-13-19(26)14-15-20-21(27)23(25-22(20)24,17-9-4-2-5-10-17)18-11-6-3-7-12-18/h2-7,9-12,19-20H,8,13-16H2,1H3,(H2,24,25). The van der Waals surface area contributed by atoms with Crippen molar-refractivity contribution < 1.29 is 4.79 Å². The molecule has 2 saturated heterocycles. The number of ketones is 1. The summed E-state index contributed by atoms with van der Waals surface area (Å²) in [5, 5.41) is 11.9. The summed E-state index contributed by atoms with van der Waals surface area (Å²) in [4.78, 5) is 16.1. The van der Waals surface area contributed by atoms with Crippen molar-refractivity contribution in [2.24, 2.45) is 5.92 Å². The molecule has 0 radical (unpaired) electrons. The number of amidine groups is 1. The summed E-state index contributed by atoms with van der Waals surface area (Å²) in [5.74, 6) is 0.0957. The molecule has 2 aliphatic rings. The van der Waals surface area contributed by atoms with Crippen LogP contribution in [-0.2, 0) is 10.3 Å². The van der Waals surface area contributed by atoms with E-state index >= 15 is 0 Å². The first-order valence-electron chi connectivity index (χ1n) is 9.85. The second-order valence-corrected chi connectivity index (χ2v) is 7.79. The van der Waals surface area contributed by atoms with Gasteiger partial charge in [0.25, 0.3) is 0 Å². The van der Waals surface area contributed by atoms with Crippen LogP contribution in [0.1, 0.15) is 36.8 Å². The van der Waals surface area contributed by atoms with E-state index in [-0.39, 0.29) is 11.7 Å². The van der Waals surface area contributed by atoms with Crippen molar-refractivity contribution >= 4 is 11.6 Å². The molecule has 0 spiro atoms. The first-order chi connectivity index (χ1) is 13.1. The SMILES string of the molecule is CN1CCCC1CCC1C(=N)NC(c2ccccc2)(c2ccccc2)C1=O. The van der Waals surface area contributed by atoms with Crippen LogP contribution in [0, 0.1) is 11.3 Å². The van der Waals surface area contributed by atoms with Crippen molar-refractivity contribution in [2.75, 3.05) is 13.6 Å². The summed E-state index contributed by atoms with van der Waals surface area (Å²) in [6.07, 6.45) is 4.13. The van der Waals surface area contributed by atoms with Gasteiger partial charge in [-0.3, -0.25) is 10.2 Å². The van der Waals surface area contributed by atoms with Gasteiger partial charge in [-0.15, -0.1) is 0 Å². The summed E-state index contributed by atoms with van der Waals surface area (Å²) >= 11 is 0. The van der Waals surface area contributed by atoms with Crippen molar-refractivity contribution in [1.82, 2.24) is 10.2 Å². The number of nitrogens with zero attached hydrogens (tertiary/aromatic N) is 1. The fourth-order valence-corrected chi connectivity index (χ4v) is 4.69. The van der Waals surface area contributed by atoms with Crippen molar-refractivity contribution in [3.05, 3.63) is 71.8 Å². The summed E-state index contributed by atoms with van der Waals surface area (Å²) in [6, 6.07) is 20.2. The Morgan fingerprint density at radius 3 is 2.15 bits per heavy atom. The topological polar surface area (TPSA) is 56.2 Å². The monoisotopic (exact) mass is 361 g/mol. The molecule has 2 N–H and O–H groups in total. The number of hydrogen-bond acceptors (Lipinski definition) is 3. The highest BCUT2D eigenvalue weighted by atomic mass is 16.1. The maximum absolute atomic E-state index is 13.7. The van der Waals surface area contributed by atoms with Crippen LogP contribution in [0.3, 0.4) is 0 Å². The van der Waals surface area contributed by atoms with Crippen molar-refractivity contribution in [3.63, 3.8) is 0 Å². The molecular formula is C23H27N3O. The van der Waals surface area contributed by atoms with E-state index in [1.165, 1.54) is 12.8 Å². The Morgan fingerprint density at radius 2 is 1.63 bits per heavy atom. The van der Waals surface area contributed by atoms with E-state index in [4.69, 9.17) is 5.41 Å². The lowest BCUT2D eigenvalue weighted by molar-refractivity contribution is -0.124. The Bertz CT molecular complexity index is 779. The third-order valence-corrected chi connectivity index (χ3v) is 6.23. The zero-order valence-electron chi connectivity index (χ0n) is 15.8. The number of rotatable bonds is 5. The molecule has 2 unspecified atom stereocenters. The van der Waals surface area contributed by atoms with Gasteiger partial charge in [-0.05, 0) is 50.4 Å². The summed E-state index contributed by atoms with van der Waals surface area (Å²) in [7, 11) is 2.16. The zero-order valence-corrected chi connectivity index (χ0v) is 15.8. The number of carbonyl (C=O) groups is 1. The van der Waals surface area contributed by atoms with Gasteiger partial charge in [-0.25, -0.2) is 0 Å². The maximum atomic E-state index is 13.7. The van der Waals surface area contributed by atoms with Crippen LogP contribution in [-0.4, -0.2) is 36.2 Å². The molecule has 2 aliphatic heterocycles. The van der Waals surface area contributed by atoms with Gasteiger partial charge < -0.3 is 10.2 Å². The minimum atomic E-state index is -0.953. The third kappa shape index (κ3) is 3.08. The molecular weight excluding hydrogens is 334 g/mol. The van der Waals surface area contributed by atoms with Gasteiger partial charge in [-0.2, -0.15) is 0 Å². The van der Waals surface area contributed by atoms with Gasteiger partial charge in [0.2, 0.25) is 0 Å². The molecule has 0 aliphatic carbocycles. The van der Waals surface area contributed by atoms with E-state index in [9.17, 15) is 4.79 Å². The van der Waals surface area contributed by atoms with Crippen LogP contribution in [0.15, 0.2) is 60.7 Å². The first kappa shape index (κ1) is 17.9. The fourth-order valence-electron chi connectivity index (χ4n) is 4.69. The predicted octanol–water partition coefficient (Wildman–Crippen LogP) is 3.57. The average Bonchev–Trinajstić information content (AvgIpc) is 3.22. The van der Waals surface area contributed by atoms with Crippen LogP contribution < -0.4 is 5.32 Å². The number of benzene rings is 2. The van der Waals surface area contributed by atoms with Gasteiger partial charge in [-0.1, -0.05) is 60.7 Å². The van der Waals surface area contributed by atoms with Gasteiger partial charge in [0.05, 0.1) is 5.92 Å². The summed E-state index contributed by atoms with van der Waals surface area (Å²) in [6.45, 7) is 1.14. The Labute approximate surface area is 161 Å². The van der Waals surface area contributed by atoms with E-state index in [2.05, 4.69) is 17.3 Å². The Balaban J connectivity index is 1.66. The Hall–Kier alpha value is -2.46. The van der Waals surface area contributed by atoms with Crippen LogP contribution in [0.5, 0.6) is 0 Å². The maximum Gasteiger partial charge on any atom is 0.177 e. The molecule has 0 aromatic heterocycles. The van der Waals surface area contributed by atoms with Gasteiger partial charge in [0, 0.05) is 6.04 Å². The van der Waals surface area contributed by atoms with Crippen molar-refractivity contribution in [3.8, 4) is 0 Å². The lowest BCUT2D eigenvalue weighted by Gasteiger charge is -2.29. The molecule has 2 fully saturated rings. The highest BCUT2D eigenvalue weighted by Gasteiger charge is 2.52. The molecule has 140 valence electrons. The van der Waals surface area contributed by atoms with E-state index in [0.29, 0.717) is 11.9 Å². The van der Waals surface area contributed by atoms with E-state index in [1.54, 1.807) is 0 Å². The summed E-state index contributed by atoms with van der Waals surface area (Å²) in [5.41, 5.74) is 0.865. The van der Waals surface area contributed by atoms with Gasteiger partial charge >= 0.3 is 0 Å². The Kier molecular flexibility index (Phi) is 4.83. The average molecular weight is 361 g/mol. The van der Waals surface area contributed by atoms with Crippen molar-refractivity contribution in [2.45, 2.75) is 37.3 Å². The second-order valence-electron chi connectivity index (χ2n) is 7.79. The molecule has 2 aromatic carbocycles. The van der Waals surface area contributed by atoms with E-state index < -0.39 is 5.54 Å². The smallest absolute Gasteiger partial charge is 0.177 e. The van der Waals surface area contributed by atoms with Crippen LogP contribution in [0.4, 0.5) is 0 Å². The second kappa shape index (κ2) is 7.28. The molecule has 4 heteroatoms. The highest BCUT2D eigenvalue weighted by molar-refractivity contribution is 6.15. The summed E-state index contributed by atoms with van der Waals surface area (Å²) < 4.78 is 0. The number of nitrogens with one attached hydrogen (secondary N) is 2.